The third kappa shape index (κ3) is 3.26. The fourth-order valence-corrected chi connectivity index (χ4v) is 2.49. The summed E-state index contributed by atoms with van der Waals surface area (Å²) in [5.74, 6) is 0.350. The third-order valence-electron chi connectivity index (χ3n) is 3.60. The van der Waals surface area contributed by atoms with Crippen LogP contribution in [0.1, 0.15) is 12.0 Å². The summed E-state index contributed by atoms with van der Waals surface area (Å²) >= 11 is 0. The number of benzene rings is 3. The second-order valence-corrected chi connectivity index (χ2v) is 5.11. The number of anilines is 1. The van der Waals surface area contributed by atoms with E-state index in [0.717, 1.165) is 34.9 Å². The Morgan fingerprint density at radius 1 is 0.909 bits per heavy atom. The van der Waals surface area contributed by atoms with Crippen LogP contribution in [-0.4, -0.2) is 11.3 Å². The second-order valence-electron chi connectivity index (χ2n) is 5.11. The number of nitrogens with one attached hydrogen (secondary N) is 1. The smallest absolute Gasteiger partial charge is 0.119 e. The minimum atomic E-state index is 0.350. The fraction of sp³-hybridized carbons (Fsp3) is 0.105. The molecule has 0 saturated carbocycles. The summed E-state index contributed by atoms with van der Waals surface area (Å²) in [6.07, 6.45) is 3.36. The molecule has 0 aromatic heterocycles. The molecule has 3 aromatic carbocycles. The van der Waals surface area contributed by atoms with Crippen LogP contribution in [0.5, 0.6) is 5.75 Å². The van der Waals surface area contributed by atoms with E-state index in [1.165, 1.54) is 0 Å². The highest BCUT2D eigenvalue weighted by molar-refractivity contribution is 5.87. The van der Waals surface area contributed by atoms with E-state index in [-0.39, 0.29) is 0 Å². The highest BCUT2D eigenvalue weighted by Gasteiger charge is 2.05. The van der Waals surface area contributed by atoms with Crippen molar-refractivity contribution in [2.24, 2.45) is 5.10 Å². The zero-order valence-corrected chi connectivity index (χ0v) is 12.2. The van der Waals surface area contributed by atoms with Gasteiger partial charge >= 0.3 is 0 Å². The van der Waals surface area contributed by atoms with Gasteiger partial charge < -0.3 is 5.11 Å². The lowest BCUT2D eigenvalue weighted by Crippen LogP contribution is -1.92. The van der Waals surface area contributed by atoms with Crippen LogP contribution in [-0.2, 0) is 6.42 Å². The molecule has 3 rings (SSSR count). The van der Waals surface area contributed by atoms with Gasteiger partial charge in [0.15, 0.2) is 0 Å². The molecule has 0 unspecified atom stereocenters. The summed E-state index contributed by atoms with van der Waals surface area (Å²) in [5, 5.41) is 16.5. The van der Waals surface area contributed by atoms with Crippen LogP contribution >= 0.6 is 0 Å². The molecule has 3 nitrogen and oxygen atoms in total. The summed E-state index contributed by atoms with van der Waals surface area (Å²) in [5.41, 5.74) is 4.93. The van der Waals surface area contributed by atoms with Crippen LogP contribution in [0.25, 0.3) is 10.8 Å². The average molecular weight is 290 g/mol. The Morgan fingerprint density at radius 2 is 1.68 bits per heavy atom. The topological polar surface area (TPSA) is 44.6 Å². The van der Waals surface area contributed by atoms with Gasteiger partial charge in [-0.1, -0.05) is 48.5 Å². The number of hydrazone groups is 1. The maximum absolute atomic E-state index is 10.1. The van der Waals surface area contributed by atoms with Crippen LogP contribution in [0.2, 0.25) is 0 Å². The van der Waals surface area contributed by atoms with Crippen molar-refractivity contribution < 1.29 is 5.11 Å². The predicted octanol–water partition coefficient (Wildman–Crippen LogP) is 4.58. The molecule has 2 N–H and O–H groups in total. The van der Waals surface area contributed by atoms with Gasteiger partial charge in [0.2, 0.25) is 0 Å². The van der Waals surface area contributed by atoms with Gasteiger partial charge in [-0.25, -0.2) is 0 Å². The second kappa shape index (κ2) is 6.76. The zero-order valence-electron chi connectivity index (χ0n) is 12.2. The van der Waals surface area contributed by atoms with Gasteiger partial charge in [0.05, 0.1) is 5.69 Å². The molecule has 0 aliphatic carbocycles. The minimum Gasteiger partial charge on any atom is -0.508 e. The van der Waals surface area contributed by atoms with Crippen molar-refractivity contribution in [3.8, 4) is 5.75 Å². The molecule has 0 fully saturated rings. The lowest BCUT2D eigenvalue weighted by atomic mass is 10.00. The molecule has 0 aliphatic heterocycles. The molecular formula is C19H18N2O. The number of hydrogen-bond acceptors (Lipinski definition) is 3. The Kier molecular flexibility index (Phi) is 4.35. The van der Waals surface area contributed by atoms with Gasteiger partial charge in [-0.2, -0.15) is 5.10 Å². The number of nitrogens with zero attached hydrogens (tertiary/aromatic N) is 1. The Hall–Kier alpha value is -2.81. The molecule has 0 saturated heterocycles. The van der Waals surface area contributed by atoms with Crippen molar-refractivity contribution in [1.29, 1.82) is 0 Å². The van der Waals surface area contributed by atoms with Crippen molar-refractivity contribution in [3.63, 3.8) is 0 Å². The molecule has 22 heavy (non-hydrogen) atoms. The highest BCUT2D eigenvalue weighted by Crippen LogP contribution is 2.27. The van der Waals surface area contributed by atoms with Gasteiger partial charge in [0, 0.05) is 11.8 Å². The Bertz CT molecular complexity index is 782. The first-order valence-electron chi connectivity index (χ1n) is 7.37. The number of aromatic hydroxyl groups is 1. The van der Waals surface area contributed by atoms with Crippen molar-refractivity contribution in [1.82, 2.24) is 0 Å². The third-order valence-corrected chi connectivity index (χ3v) is 3.60. The summed E-state index contributed by atoms with van der Waals surface area (Å²) in [4.78, 5) is 0. The van der Waals surface area contributed by atoms with Crippen molar-refractivity contribution in [3.05, 3.63) is 72.3 Å². The molecule has 0 amide bonds. The van der Waals surface area contributed by atoms with E-state index in [1.54, 1.807) is 6.07 Å². The molecule has 0 spiro atoms. The van der Waals surface area contributed by atoms with Gasteiger partial charge in [0.25, 0.3) is 0 Å². The number of fused-ring (bicyclic) bond motifs is 1. The largest absolute Gasteiger partial charge is 0.508 e. The zero-order chi connectivity index (χ0) is 15.2. The van der Waals surface area contributed by atoms with Crippen LogP contribution in [0, 0.1) is 0 Å². The molecule has 3 aromatic rings. The van der Waals surface area contributed by atoms with Gasteiger partial charge in [-0.3, -0.25) is 5.43 Å². The highest BCUT2D eigenvalue weighted by atomic mass is 16.3. The van der Waals surface area contributed by atoms with E-state index in [9.17, 15) is 5.11 Å². The predicted molar refractivity (Wildman–Crippen MR) is 92.5 cm³/mol. The Labute approximate surface area is 129 Å². The molecule has 0 heterocycles. The van der Waals surface area contributed by atoms with Crippen LogP contribution in [0.3, 0.4) is 0 Å². The summed E-state index contributed by atoms with van der Waals surface area (Å²) < 4.78 is 0. The summed E-state index contributed by atoms with van der Waals surface area (Å²) in [7, 11) is 0. The first kappa shape index (κ1) is 14.1. The number of para-hydroxylation sites is 1. The number of phenolic OH excluding ortho intramolecular Hbond substituents is 1. The van der Waals surface area contributed by atoms with E-state index < -0.39 is 0 Å². The first-order chi connectivity index (χ1) is 10.8. The van der Waals surface area contributed by atoms with E-state index in [4.69, 9.17) is 0 Å². The number of phenols is 1. The number of rotatable bonds is 5. The SMILES string of the molecule is Oc1ccc2ccccc2c1CC/C=N/Nc1ccccc1. The first-order valence-corrected chi connectivity index (χ1v) is 7.37. The Morgan fingerprint density at radius 3 is 2.55 bits per heavy atom. The van der Waals surface area contributed by atoms with Crippen LogP contribution in [0.4, 0.5) is 5.69 Å². The monoisotopic (exact) mass is 290 g/mol. The standard InChI is InChI=1S/C19H18N2O/c22-19-13-12-15-7-4-5-10-17(15)18(19)11-6-14-20-21-16-8-2-1-3-9-16/h1-5,7-10,12-14,21-22H,6,11H2/b20-14+. The van der Waals surface area contributed by atoms with Gasteiger partial charge in [0.1, 0.15) is 5.75 Å². The molecule has 110 valence electrons. The molecule has 0 atom stereocenters. The van der Waals surface area contributed by atoms with E-state index >= 15 is 0 Å². The fourth-order valence-electron chi connectivity index (χ4n) is 2.49. The van der Waals surface area contributed by atoms with E-state index in [0.29, 0.717) is 5.75 Å². The molecular weight excluding hydrogens is 272 g/mol. The normalized spacial score (nSPS) is 11.1. The molecule has 3 heteroatoms. The lowest BCUT2D eigenvalue weighted by Gasteiger charge is -2.07. The average Bonchev–Trinajstić information content (AvgIpc) is 2.57. The van der Waals surface area contributed by atoms with Gasteiger partial charge in [-0.15, -0.1) is 0 Å². The van der Waals surface area contributed by atoms with Crippen molar-refractivity contribution >= 4 is 22.7 Å². The number of hydrogen-bond donors (Lipinski definition) is 2. The maximum Gasteiger partial charge on any atom is 0.119 e. The van der Waals surface area contributed by atoms with E-state index in [2.05, 4.69) is 16.6 Å². The minimum absolute atomic E-state index is 0.350. The molecule has 0 aliphatic rings. The van der Waals surface area contributed by atoms with Crippen LogP contribution in [0.15, 0.2) is 71.8 Å². The molecule has 0 radical (unpaired) electrons. The van der Waals surface area contributed by atoms with E-state index in [1.807, 2.05) is 60.8 Å². The summed E-state index contributed by atoms with van der Waals surface area (Å²) in [6, 6.07) is 21.6. The summed E-state index contributed by atoms with van der Waals surface area (Å²) in [6.45, 7) is 0. The maximum atomic E-state index is 10.1. The van der Waals surface area contributed by atoms with Gasteiger partial charge in [-0.05, 0) is 41.8 Å². The van der Waals surface area contributed by atoms with Crippen molar-refractivity contribution in [2.45, 2.75) is 12.8 Å². The molecule has 0 bridgehead atoms. The number of aryl methyl sites for hydroxylation is 1. The Balaban J connectivity index is 1.65. The lowest BCUT2D eigenvalue weighted by molar-refractivity contribution is 0.469. The van der Waals surface area contributed by atoms with Crippen LogP contribution < -0.4 is 5.43 Å². The van der Waals surface area contributed by atoms with Crippen molar-refractivity contribution in [2.75, 3.05) is 5.43 Å². The quantitative estimate of drug-likeness (QED) is 0.534.